The van der Waals surface area contributed by atoms with Gasteiger partial charge in [-0.2, -0.15) is 0 Å². The second-order valence-electron chi connectivity index (χ2n) is 3.91. The van der Waals surface area contributed by atoms with Crippen LogP contribution in [0.25, 0.3) is 0 Å². The molecule has 2 nitrogen and oxygen atoms in total. The molecule has 0 aromatic heterocycles. The molecule has 0 spiro atoms. The molecule has 2 saturated heterocycles. The lowest BCUT2D eigenvalue weighted by molar-refractivity contribution is -0.256. The van der Waals surface area contributed by atoms with Gasteiger partial charge in [-0.3, -0.25) is 0 Å². The van der Waals surface area contributed by atoms with Crippen molar-refractivity contribution in [2.45, 2.75) is 50.7 Å². The third kappa shape index (κ3) is 1.27. The first-order valence-corrected chi connectivity index (χ1v) is 5.13. The number of ether oxygens (including phenoxy) is 2. The summed E-state index contributed by atoms with van der Waals surface area (Å²) in [7, 11) is 0. The van der Waals surface area contributed by atoms with E-state index in [9.17, 15) is 0 Å². The summed E-state index contributed by atoms with van der Waals surface area (Å²) in [5.74, 6) is 0. The van der Waals surface area contributed by atoms with Crippen LogP contribution in [0.4, 0.5) is 0 Å². The monoisotopic (exact) mass is 170 g/mol. The highest BCUT2D eigenvalue weighted by Gasteiger charge is 2.48. The fourth-order valence-electron chi connectivity index (χ4n) is 2.10. The lowest BCUT2D eigenvalue weighted by Crippen LogP contribution is -2.58. The van der Waals surface area contributed by atoms with Gasteiger partial charge in [0.25, 0.3) is 0 Å². The Morgan fingerprint density at radius 2 is 2.17 bits per heavy atom. The van der Waals surface area contributed by atoms with Gasteiger partial charge in [-0.1, -0.05) is 19.8 Å². The van der Waals surface area contributed by atoms with Crippen LogP contribution in [0.1, 0.15) is 39.0 Å². The standard InChI is InChI=1S/C10H18O2/c1-2-3-5-10(6-8-12-10)9-4-7-11-9/h9H,2-8H2,1H3. The van der Waals surface area contributed by atoms with Crippen LogP contribution in [0.15, 0.2) is 0 Å². The summed E-state index contributed by atoms with van der Waals surface area (Å²) in [5, 5.41) is 0. The van der Waals surface area contributed by atoms with Crippen LogP contribution in [0, 0.1) is 0 Å². The van der Waals surface area contributed by atoms with Crippen molar-refractivity contribution in [2.75, 3.05) is 13.2 Å². The molecule has 0 radical (unpaired) electrons. The lowest BCUT2D eigenvalue weighted by atomic mass is 9.80. The summed E-state index contributed by atoms with van der Waals surface area (Å²) in [6.07, 6.45) is 6.60. The first kappa shape index (κ1) is 8.52. The Morgan fingerprint density at radius 3 is 2.50 bits per heavy atom. The SMILES string of the molecule is CCCCC1(C2CCO2)CCO1. The average Bonchev–Trinajstić information content (AvgIpc) is 1.90. The van der Waals surface area contributed by atoms with Crippen molar-refractivity contribution in [1.29, 1.82) is 0 Å². The minimum absolute atomic E-state index is 0.147. The van der Waals surface area contributed by atoms with E-state index >= 15 is 0 Å². The van der Waals surface area contributed by atoms with Crippen molar-refractivity contribution >= 4 is 0 Å². The Bertz CT molecular complexity index is 148. The molecule has 0 saturated carbocycles. The summed E-state index contributed by atoms with van der Waals surface area (Å²) >= 11 is 0. The van der Waals surface area contributed by atoms with Crippen molar-refractivity contribution in [3.05, 3.63) is 0 Å². The summed E-state index contributed by atoms with van der Waals surface area (Å²) in [6.45, 7) is 4.12. The normalized spacial score (nSPS) is 40.2. The molecule has 12 heavy (non-hydrogen) atoms. The van der Waals surface area contributed by atoms with Crippen molar-refractivity contribution in [3.63, 3.8) is 0 Å². The third-order valence-corrected chi connectivity index (χ3v) is 3.15. The maximum atomic E-state index is 5.70. The van der Waals surface area contributed by atoms with Crippen LogP contribution in [0.5, 0.6) is 0 Å². The summed E-state index contributed by atoms with van der Waals surface area (Å²) < 4.78 is 11.2. The molecule has 2 aliphatic rings. The molecule has 2 unspecified atom stereocenters. The molecular weight excluding hydrogens is 152 g/mol. The largest absolute Gasteiger partial charge is 0.375 e. The Morgan fingerprint density at radius 1 is 1.42 bits per heavy atom. The maximum absolute atomic E-state index is 5.70. The molecule has 0 aromatic rings. The molecule has 2 rings (SSSR count). The van der Waals surface area contributed by atoms with Gasteiger partial charge in [0.1, 0.15) is 0 Å². The predicted molar refractivity (Wildman–Crippen MR) is 47.2 cm³/mol. The summed E-state index contributed by atoms with van der Waals surface area (Å²) in [6, 6.07) is 0. The predicted octanol–water partition coefficient (Wildman–Crippen LogP) is 2.12. The lowest BCUT2D eigenvalue weighted by Gasteiger charge is -2.50. The zero-order valence-corrected chi connectivity index (χ0v) is 7.84. The smallest absolute Gasteiger partial charge is 0.0965 e. The fraction of sp³-hybridized carbons (Fsp3) is 1.00. The van der Waals surface area contributed by atoms with Crippen LogP contribution in [0.3, 0.4) is 0 Å². The summed E-state index contributed by atoms with van der Waals surface area (Å²) in [5.41, 5.74) is 0.147. The van der Waals surface area contributed by atoms with Gasteiger partial charge in [0.2, 0.25) is 0 Å². The Hall–Kier alpha value is -0.0800. The minimum atomic E-state index is 0.147. The maximum Gasteiger partial charge on any atom is 0.0965 e. The first-order chi connectivity index (χ1) is 5.87. The molecular formula is C10H18O2. The van der Waals surface area contributed by atoms with Crippen LogP contribution >= 0.6 is 0 Å². The zero-order chi connectivity index (χ0) is 8.44. The van der Waals surface area contributed by atoms with E-state index in [0.717, 1.165) is 13.2 Å². The molecule has 2 aliphatic heterocycles. The molecule has 0 aliphatic carbocycles. The van der Waals surface area contributed by atoms with Gasteiger partial charge in [-0.05, 0) is 12.8 Å². The minimum Gasteiger partial charge on any atom is -0.375 e. The highest BCUT2D eigenvalue weighted by atomic mass is 16.6. The quantitative estimate of drug-likeness (QED) is 0.643. The average molecular weight is 170 g/mol. The van der Waals surface area contributed by atoms with Crippen molar-refractivity contribution in [1.82, 2.24) is 0 Å². The molecule has 2 heteroatoms. The molecule has 0 N–H and O–H groups in total. The van der Waals surface area contributed by atoms with E-state index in [2.05, 4.69) is 6.92 Å². The van der Waals surface area contributed by atoms with Crippen LogP contribution < -0.4 is 0 Å². The van der Waals surface area contributed by atoms with E-state index < -0.39 is 0 Å². The Balaban J connectivity index is 1.85. The zero-order valence-electron chi connectivity index (χ0n) is 7.84. The Labute approximate surface area is 74.2 Å². The van der Waals surface area contributed by atoms with Gasteiger partial charge < -0.3 is 9.47 Å². The van der Waals surface area contributed by atoms with Gasteiger partial charge in [-0.15, -0.1) is 0 Å². The van der Waals surface area contributed by atoms with E-state index in [0.29, 0.717) is 6.10 Å². The molecule has 2 atom stereocenters. The van der Waals surface area contributed by atoms with E-state index in [4.69, 9.17) is 9.47 Å². The summed E-state index contributed by atoms with van der Waals surface area (Å²) in [4.78, 5) is 0. The van der Waals surface area contributed by atoms with Gasteiger partial charge in [-0.25, -0.2) is 0 Å². The van der Waals surface area contributed by atoms with E-state index in [1.54, 1.807) is 0 Å². The highest BCUT2D eigenvalue weighted by Crippen LogP contribution is 2.41. The van der Waals surface area contributed by atoms with Crippen LogP contribution in [-0.4, -0.2) is 24.9 Å². The first-order valence-electron chi connectivity index (χ1n) is 5.13. The molecule has 2 fully saturated rings. The van der Waals surface area contributed by atoms with Gasteiger partial charge >= 0.3 is 0 Å². The molecule has 0 aromatic carbocycles. The van der Waals surface area contributed by atoms with Crippen molar-refractivity contribution < 1.29 is 9.47 Å². The van der Waals surface area contributed by atoms with Crippen molar-refractivity contribution in [3.8, 4) is 0 Å². The van der Waals surface area contributed by atoms with Gasteiger partial charge in [0.15, 0.2) is 0 Å². The van der Waals surface area contributed by atoms with E-state index in [-0.39, 0.29) is 5.60 Å². The second kappa shape index (κ2) is 3.35. The van der Waals surface area contributed by atoms with E-state index in [1.165, 1.54) is 32.1 Å². The molecule has 70 valence electrons. The van der Waals surface area contributed by atoms with Gasteiger partial charge in [0.05, 0.1) is 18.3 Å². The number of hydrogen-bond acceptors (Lipinski definition) is 2. The highest BCUT2D eigenvalue weighted by molar-refractivity contribution is 4.97. The second-order valence-corrected chi connectivity index (χ2v) is 3.91. The number of unbranched alkanes of at least 4 members (excludes halogenated alkanes) is 1. The molecule has 0 bridgehead atoms. The molecule has 2 heterocycles. The number of rotatable bonds is 4. The van der Waals surface area contributed by atoms with Gasteiger partial charge in [0, 0.05) is 13.0 Å². The third-order valence-electron chi connectivity index (χ3n) is 3.15. The topological polar surface area (TPSA) is 18.5 Å². The van der Waals surface area contributed by atoms with Crippen molar-refractivity contribution in [2.24, 2.45) is 0 Å². The number of hydrogen-bond donors (Lipinski definition) is 0. The molecule has 0 amide bonds. The Kier molecular flexibility index (Phi) is 2.37. The van der Waals surface area contributed by atoms with Crippen LogP contribution in [0.2, 0.25) is 0 Å². The van der Waals surface area contributed by atoms with E-state index in [1.807, 2.05) is 0 Å². The fourth-order valence-corrected chi connectivity index (χ4v) is 2.10. The van der Waals surface area contributed by atoms with Crippen LogP contribution in [-0.2, 0) is 9.47 Å².